The molecule has 1 aliphatic heterocycles. The lowest BCUT2D eigenvalue weighted by Crippen LogP contribution is -2.33. The van der Waals surface area contributed by atoms with E-state index in [0.29, 0.717) is 31.5 Å². The molecule has 1 amide bonds. The minimum atomic E-state index is -4.09. The lowest BCUT2D eigenvalue weighted by Gasteiger charge is -2.11. The number of sulfonamides is 1. The van der Waals surface area contributed by atoms with E-state index >= 15 is 0 Å². The number of carbonyl (C=O) groups is 1. The number of amides is 1. The Labute approximate surface area is 158 Å². The third-order valence-corrected chi connectivity index (χ3v) is 5.16. The molecule has 2 N–H and O–H groups in total. The number of fused-ring (bicyclic) bond motifs is 1. The molecule has 11 heteroatoms. The van der Waals surface area contributed by atoms with Crippen molar-refractivity contribution in [1.82, 2.24) is 4.72 Å². The Bertz CT molecular complexity index is 1010. The normalized spacial score (nSPS) is 13.7. The molecule has 0 spiro atoms. The van der Waals surface area contributed by atoms with Crippen LogP contribution < -0.4 is 19.5 Å². The van der Waals surface area contributed by atoms with Crippen molar-refractivity contribution in [3.8, 4) is 11.5 Å². The van der Waals surface area contributed by atoms with Crippen molar-refractivity contribution in [3.63, 3.8) is 0 Å². The minimum absolute atomic E-state index is 0.163. The van der Waals surface area contributed by atoms with Crippen LogP contribution in [0.15, 0.2) is 35.2 Å². The van der Waals surface area contributed by atoms with Crippen molar-refractivity contribution < 1.29 is 35.9 Å². The van der Waals surface area contributed by atoms with Gasteiger partial charge >= 0.3 is 0 Å². The highest BCUT2D eigenvalue weighted by molar-refractivity contribution is 7.89. The monoisotopic (exact) mass is 416 g/mol. The summed E-state index contributed by atoms with van der Waals surface area (Å²) in [4.78, 5) is 11.7. The Kier molecular flexibility index (Phi) is 5.75. The van der Waals surface area contributed by atoms with E-state index in [2.05, 4.69) is 0 Å². The Morgan fingerprint density at radius 3 is 2.46 bits per heavy atom. The van der Waals surface area contributed by atoms with Gasteiger partial charge in [-0.3, -0.25) is 4.79 Å². The van der Waals surface area contributed by atoms with Gasteiger partial charge in [-0.05, 0) is 24.3 Å². The smallest absolute Gasteiger partial charge is 0.241 e. The predicted molar refractivity (Wildman–Crippen MR) is 92.2 cm³/mol. The van der Waals surface area contributed by atoms with Crippen LogP contribution in [0, 0.1) is 17.5 Å². The van der Waals surface area contributed by atoms with Gasteiger partial charge in [0, 0.05) is 12.5 Å². The predicted octanol–water partition coefficient (Wildman–Crippen LogP) is 2.18. The standard InChI is InChI=1S/C17H15F3N2O5S/c18-11-3-4-12(17(20)16(11)19)22-15(23)9-21-28(24,25)10-2-5-13-14(8-10)27-7-1-6-26-13/h2-5,8,21H,1,6-7,9H2,(H,22,23). The lowest BCUT2D eigenvalue weighted by molar-refractivity contribution is -0.115. The zero-order valence-electron chi connectivity index (χ0n) is 14.3. The van der Waals surface area contributed by atoms with Crippen molar-refractivity contribution in [1.29, 1.82) is 0 Å². The average molecular weight is 416 g/mol. The number of hydrogen-bond acceptors (Lipinski definition) is 5. The van der Waals surface area contributed by atoms with Gasteiger partial charge in [0.1, 0.15) is 0 Å². The van der Waals surface area contributed by atoms with E-state index in [-0.39, 0.29) is 10.6 Å². The second kappa shape index (κ2) is 8.07. The molecule has 1 heterocycles. The Morgan fingerprint density at radius 2 is 1.71 bits per heavy atom. The van der Waals surface area contributed by atoms with Crippen LogP contribution in [0.25, 0.3) is 0 Å². The maximum atomic E-state index is 13.6. The Hall–Kier alpha value is -2.79. The summed E-state index contributed by atoms with van der Waals surface area (Å²) in [7, 11) is -4.09. The van der Waals surface area contributed by atoms with Crippen molar-refractivity contribution in [2.75, 3.05) is 25.1 Å². The third kappa shape index (κ3) is 4.37. The van der Waals surface area contributed by atoms with Gasteiger partial charge in [0.25, 0.3) is 0 Å². The number of hydrogen-bond donors (Lipinski definition) is 2. The van der Waals surface area contributed by atoms with Gasteiger partial charge in [-0.2, -0.15) is 0 Å². The van der Waals surface area contributed by atoms with Crippen molar-refractivity contribution in [2.45, 2.75) is 11.3 Å². The summed E-state index contributed by atoms with van der Waals surface area (Å²) in [5, 5.41) is 1.97. The van der Waals surface area contributed by atoms with E-state index in [0.717, 1.165) is 6.07 Å². The average Bonchev–Trinajstić information content (AvgIpc) is 2.92. The van der Waals surface area contributed by atoms with Gasteiger partial charge in [-0.25, -0.2) is 26.3 Å². The third-order valence-electron chi connectivity index (χ3n) is 3.76. The van der Waals surface area contributed by atoms with Gasteiger partial charge in [0.15, 0.2) is 29.0 Å². The molecule has 0 saturated heterocycles. The molecule has 0 atom stereocenters. The summed E-state index contributed by atoms with van der Waals surface area (Å²) in [6.07, 6.45) is 0.649. The van der Waals surface area contributed by atoms with Crippen LogP contribution in [0.4, 0.5) is 18.9 Å². The second-order valence-electron chi connectivity index (χ2n) is 5.75. The molecule has 0 saturated carbocycles. The minimum Gasteiger partial charge on any atom is -0.490 e. The van der Waals surface area contributed by atoms with Crippen LogP contribution in [-0.4, -0.2) is 34.1 Å². The van der Waals surface area contributed by atoms with E-state index in [9.17, 15) is 26.4 Å². The summed E-state index contributed by atoms with van der Waals surface area (Å²) >= 11 is 0. The molecule has 0 fully saturated rings. The summed E-state index contributed by atoms with van der Waals surface area (Å²) in [5.41, 5.74) is -0.612. The van der Waals surface area contributed by atoms with Crippen molar-refractivity contribution in [3.05, 3.63) is 47.8 Å². The number of ether oxygens (including phenoxy) is 2. The van der Waals surface area contributed by atoms with Gasteiger partial charge in [-0.1, -0.05) is 0 Å². The first-order chi connectivity index (χ1) is 13.3. The summed E-state index contributed by atoms with van der Waals surface area (Å²) in [5.74, 6) is -5.05. The number of rotatable bonds is 5. The first kappa shape index (κ1) is 20.0. The molecule has 0 aliphatic carbocycles. The van der Waals surface area contributed by atoms with Crippen LogP contribution in [0.2, 0.25) is 0 Å². The first-order valence-electron chi connectivity index (χ1n) is 8.10. The highest BCUT2D eigenvalue weighted by Gasteiger charge is 2.21. The lowest BCUT2D eigenvalue weighted by atomic mass is 10.3. The quantitative estimate of drug-likeness (QED) is 0.729. The molecule has 3 rings (SSSR count). The number of anilines is 1. The molecule has 0 aromatic heterocycles. The molecule has 0 radical (unpaired) electrons. The zero-order chi connectivity index (χ0) is 20.3. The van der Waals surface area contributed by atoms with E-state index in [1.54, 1.807) is 0 Å². The highest BCUT2D eigenvalue weighted by Crippen LogP contribution is 2.31. The number of nitrogens with one attached hydrogen (secondary N) is 2. The fourth-order valence-corrected chi connectivity index (χ4v) is 3.37. The summed E-state index contributed by atoms with van der Waals surface area (Å²) in [6, 6.07) is 5.44. The maximum absolute atomic E-state index is 13.6. The Balaban J connectivity index is 1.67. The summed E-state index contributed by atoms with van der Waals surface area (Å²) in [6.45, 7) is 0.0550. The van der Waals surface area contributed by atoms with Crippen molar-refractivity contribution in [2.24, 2.45) is 0 Å². The van der Waals surface area contributed by atoms with E-state index in [1.807, 2.05) is 10.0 Å². The topological polar surface area (TPSA) is 93.7 Å². The molecule has 7 nitrogen and oxygen atoms in total. The fraction of sp³-hybridized carbons (Fsp3) is 0.235. The molecular weight excluding hydrogens is 401 g/mol. The van der Waals surface area contributed by atoms with Crippen LogP contribution in [0.3, 0.4) is 0 Å². The van der Waals surface area contributed by atoms with Gasteiger partial charge in [0.05, 0.1) is 30.3 Å². The van der Waals surface area contributed by atoms with Gasteiger partial charge in [-0.15, -0.1) is 0 Å². The second-order valence-corrected chi connectivity index (χ2v) is 7.52. The first-order valence-corrected chi connectivity index (χ1v) is 9.59. The number of benzene rings is 2. The Morgan fingerprint density at radius 1 is 1.00 bits per heavy atom. The van der Waals surface area contributed by atoms with Crippen molar-refractivity contribution >= 4 is 21.6 Å². The largest absolute Gasteiger partial charge is 0.490 e. The van der Waals surface area contributed by atoms with Gasteiger partial charge in [0.2, 0.25) is 15.9 Å². The highest BCUT2D eigenvalue weighted by atomic mass is 32.2. The molecule has 1 aliphatic rings. The van der Waals surface area contributed by atoms with Crippen LogP contribution in [0.5, 0.6) is 11.5 Å². The van der Waals surface area contributed by atoms with Gasteiger partial charge < -0.3 is 14.8 Å². The molecule has 28 heavy (non-hydrogen) atoms. The zero-order valence-corrected chi connectivity index (χ0v) is 15.1. The van der Waals surface area contributed by atoms with E-state index < -0.39 is 45.6 Å². The molecular formula is C17H15F3N2O5S. The molecule has 150 valence electrons. The van der Waals surface area contributed by atoms with E-state index in [1.165, 1.54) is 18.2 Å². The molecule has 2 aromatic carbocycles. The molecule has 0 bridgehead atoms. The SMILES string of the molecule is O=C(CNS(=O)(=O)c1ccc2c(c1)OCCCO2)Nc1ccc(F)c(F)c1F. The summed E-state index contributed by atoms with van der Waals surface area (Å²) < 4.78 is 77.2. The maximum Gasteiger partial charge on any atom is 0.241 e. The van der Waals surface area contributed by atoms with Crippen LogP contribution in [0.1, 0.15) is 6.42 Å². The fourth-order valence-electron chi connectivity index (χ4n) is 2.37. The molecule has 0 unspecified atom stereocenters. The van der Waals surface area contributed by atoms with Crippen LogP contribution in [-0.2, 0) is 14.8 Å². The number of carbonyl (C=O) groups excluding carboxylic acids is 1. The molecule has 2 aromatic rings. The van der Waals surface area contributed by atoms with E-state index in [4.69, 9.17) is 9.47 Å². The number of halogens is 3. The van der Waals surface area contributed by atoms with Crippen LogP contribution >= 0.6 is 0 Å².